The lowest BCUT2D eigenvalue weighted by molar-refractivity contribution is -0.113. The quantitative estimate of drug-likeness (QED) is 0.563. The molecule has 1 saturated heterocycles. The van der Waals surface area contributed by atoms with Gasteiger partial charge in [0, 0.05) is 19.8 Å². The molecule has 1 heterocycles. The highest BCUT2D eigenvalue weighted by Gasteiger charge is 2.33. The van der Waals surface area contributed by atoms with Gasteiger partial charge >= 0.3 is 0 Å². The van der Waals surface area contributed by atoms with Gasteiger partial charge in [0.05, 0.1) is 15.1 Å². The molecule has 1 fully saturated rings. The zero-order valence-corrected chi connectivity index (χ0v) is 16.8. The summed E-state index contributed by atoms with van der Waals surface area (Å²) in [7, 11) is 3.93. The Kier molecular flexibility index (Phi) is 5.17. The van der Waals surface area contributed by atoms with Crippen molar-refractivity contribution < 1.29 is 9.90 Å². The van der Waals surface area contributed by atoms with Crippen LogP contribution in [-0.2, 0) is 4.79 Å². The topological polar surface area (TPSA) is 43.8 Å². The normalized spacial score (nSPS) is 16.0. The average molecular weight is 435 g/mol. The first-order valence-corrected chi connectivity index (χ1v) is 9.42. The number of hydrogen-bond donors (Lipinski definition) is 1. The van der Waals surface area contributed by atoms with Crippen LogP contribution in [0.15, 0.2) is 51.8 Å². The maximum absolute atomic E-state index is 12.8. The van der Waals surface area contributed by atoms with Crippen molar-refractivity contribution in [1.29, 1.82) is 0 Å². The SMILES string of the molecule is CN(C)c1ccc(N2C(=O)/C(=C\c3ccc(O)c(Br)c3)SC2=S)cc1. The van der Waals surface area contributed by atoms with Crippen LogP contribution in [0, 0.1) is 0 Å². The highest BCUT2D eigenvalue weighted by atomic mass is 79.9. The zero-order valence-electron chi connectivity index (χ0n) is 13.6. The number of hydrogen-bond acceptors (Lipinski definition) is 5. The molecule has 0 unspecified atom stereocenters. The number of rotatable bonds is 3. The minimum absolute atomic E-state index is 0.142. The van der Waals surface area contributed by atoms with Gasteiger partial charge in [-0.25, -0.2) is 0 Å². The van der Waals surface area contributed by atoms with E-state index in [0.717, 1.165) is 16.9 Å². The number of carbonyl (C=O) groups is 1. The number of phenols is 1. The number of thiocarbonyl (C=S) groups is 1. The standard InChI is InChI=1S/C18H15BrN2O2S2/c1-20(2)12-4-6-13(7-5-12)21-17(23)16(25-18(21)24)10-11-3-8-15(22)14(19)9-11/h3-10,22H,1-2H3/b16-10+. The maximum Gasteiger partial charge on any atom is 0.270 e. The first kappa shape index (κ1) is 18.0. The van der Waals surface area contributed by atoms with Crippen molar-refractivity contribution in [2.75, 3.05) is 23.9 Å². The van der Waals surface area contributed by atoms with E-state index in [9.17, 15) is 9.90 Å². The molecule has 1 amide bonds. The van der Waals surface area contributed by atoms with Crippen molar-refractivity contribution in [2.45, 2.75) is 0 Å². The van der Waals surface area contributed by atoms with Crippen LogP contribution in [0.4, 0.5) is 11.4 Å². The predicted octanol–water partition coefficient (Wildman–Crippen LogP) is 4.63. The first-order chi connectivity index (χ1) is 11.9. The Morgan fingerprint density at radius 1 is 1.20 bits per heavy atom. The molecule has 0 bridgehead atoms. The van der Waals surface area contributed by atoms with Crippen molar-refractivity contribution in [2.24, 2.45) is 0 Å². The van der Waals surface area contributed by atoms with Gasteiger partial charge in [-0.2, -0.15) is 0 Å². The van der Waals surface area contributed by atoms with Gasteiger partial charge < -0.3 is 10.0 Å². The van der Waals surface area contributed by atoms with Gasteiger partial charge in [-0.1, -0.05) is 30.0 Å². The van der Waals surface area contributed by atoms with E-state index in [1.807, 2.05) is 43.3 Å². The fraction of sp³-hybridized carbons (Fsp3) is 0.111. The summed E-state index contributed by atoms with van der Waals surface area (Å²) >= 11 is 9.94. The lowest BCUT2D eigenvalue weighted by Crippen LogP contribution is -2.27. The molecule has 1 N–H and O–H groups in total. The second-order valence-corrected chi connectivity index (χ2v) is 8.17. The summed E-state index contributed by atoms with van der Waals surface area (Å²) in [6.07, 6.45) is 1.78. The molecular weight excluding hydrogens is 420 g/mol. The second-order valence-electron chi connectivity index (χ2n) is 5.64. The average Bonchev–Trinajstić information content (AvgIpc) is 2.85. The summed E-state index contributed by atoms with van der Waals surface area (Å²) in [5.74, 6) is 0.0162. The van der Waals surface area contributed by atoms with Crippen LogP contribution in [0.3, 0.4) is 0 Å². The molecule has 0 radical (unpaired) electrons. The largest absolute Gasteiger partial charge is 0.507 e. The van der Waals surface area contributed by atoms with E-state index in [4.69, 9.17) is 12.2 Å². The van der Waals surface area contributed by atoms with Crippen molar-refractivity contribution in [1.82, 2.24) is 0 Å². The molecule has 1 aliphatic heterocycles. The van der Waals surface area contributed by atoms with Gasteiger partial charge in [-0.15, -0.1) is 0 Å². The Balaban J connectivity index is 1.89. The third-order valence-corrected chi connectivity index (χ3v) is 5.62. The Labute approximate surface area is 164 Å². The third kappa shape index (κ3) is 3.73. The fourth-order valence-electron chi connectivity index (χ4n) is 2.35. The van der Waals surface area contributed by atoms with Crippen molar-refractivity contribution in [3.05, 3.63) is 57.4 Å². The number of phenolic OH excluding ortho intramolecular Hbond substituents is 1. The van der Waals surface area contributed by atoms with E-state index < -0.39 is 0 Å². The summed E-state index contributed by atoms with van der Waals surface area (Å²) < 4.78 is 1.09. The van der Waals surface area contributed by atoms with Crippen LogP contribution >= 0.6 is 39.9 Å². The second kappa shape index (κ2) is 7.19. The van der Waals surface area contributed by atoms with Crippen LogP contribution in [0.25, 0.3) is 6.08 Å². The Morgan fingerprint density at radius 2 is 1.88 bits per heavy atom. The van der Waals surface area contributed by atoms with E-state index in [-0.39, 0.29) is 11.7 Å². The van der Waals surface area contributed by atoms with Crippen LogP contribution in [0.1, 0.15) is 5.56 Å². The highest BCUT2D eigenvalue weighted by Crippen LogP contribution is 2.37. The summed E-state index contributed by atoms with van der Waals surface area (Å²) in [6.45, 7) is 0. The van der Waals surface area contributed by atoms with Gasteiger partial charge in [-0.05, 0) is 64.0 Å². The molecule has 1 aliphatic rings. The van der Waals surface area contributed by atoms with Crippen molar-refractivity contribution >= 4 is 67.6 Å². The molecule has 0 aliphatic carbocycles. The number of anilines is 2. The molecule has 0 aromatic heterocycles. The molecule has 3 rings (SSSR count). The smallest absolute Gasteiger partial charge is 0.270 e. The number of thioether (sulfide) groups is 1. The molecule has 4 nitrogen and oxygen atoms in total. The first-order valence-electron chi connectivity index (χ1n) is 7.40. The number of nitrogens with zero attached hydrogens (tertiary/aromatic N) is 2. The number of carbonyl (C=O) groups excluding carboxylic acids is 1. The van der Waals surface area contributed by atoms with Crippen LogP contribution in [-0.4, -0.2) is 29.4 Å². The number of amides is 1. The van der Waals surface area contributed by atoms with Crippen LogP contribution < -0.4 is 9.80 Å². The molecule has 7 heteroatoms. The minimum Gasteiger partial charge on any atom is -0.507 e. The summed E-state index contributed by atoms with van der Waals surface area (Å²) in [4.78, 5) is 16.9. The van der Waals surface area contributed by atoms with Crippen molar-refractivity contribution in [3.63, 3.8) is 0 Å². The Bertz CT molecular complexity index is 879. The molecule has 128 valence electrons. The van der Waals surface area contributed by atoms with Crippen LogP contribution in [0.2, 0.25) is 0 Å². The number of halogens is 1. The monoisotopic (exact) mass is 434 g/mol. The molecular formula is C18H15BrN2O2S2. The van der Waals surface area contributed by atoms with Gasteiger partial charge in [-0.3, -0.25) is 9.69 Å². The summed E-state index contributed by atoms with van der Waals surface area (Å²) in [5.41, 5.74) is 2.62. The predicted molar refractivity (Wildman–Crippen MR) is 112 cm³/mol. The van der Waals surface area contributed by atoms with E-state index >= 15 is 0 Å². The Morgan fingerprint density at radius 3 is 2.48 bits per heavy atom. The molecule has 0 saturated carbocycles. The molecule has 25 heavy (non-hydrogen) atoms. The van der Waals surface area contributed by atoms with E-state index in [0.29, 0.717) is 13.7 Å². The maximum atomic E-state index is 12.8. The van der Waals surface area contributed by atoms with Gasteiger partial charge in [0.1, 0.15) is 5.75 Å². The van der Waals surface area contributed by atoms with E-state index in [2.05, 4.69) is 15.9 Å². The zero-order chi connectivity index (χ0) is 18.1. The fourth-order valence-corrected chi connectivity index (χ4v) is 4.05. The third-order valence-electron chi connectivity index (χ3n) is 3.69. The molecule has 0 atom stereocenters. The summed E-state index contributed by atoms with van der Waals surface area (Å²) in [5, 5.41) is 9.58. The lowest BCUT2D eigenvalue weighted by atomic mass is 10.2. The van der Waals surface area contributed by atoms with Gasteiger partial charge in [0.2, 0.25) is 0 Å². The van der Waals surface area contributed by atoms with E-state index in [1.165, 1.54) is 11.8 Å². The minimum atomic E-state index is -0.142. The summed E-state index contributed by atoms with van der Waals surface area (Å²) in [6, 6.07) is 12.8. The number of aromatic hydroxyl groups is 1. The highest BCUT2D eigenvalue weighted by molar-refractivity contribution is 9.10. The van der Waals surface area contributed by atoms with Gasteiger partial charge in [0.15, 0.2) is 4.32 Å². The number of benzene rings is 2. The van der Waals surface area contributed by atoms with Crippen LogP contribution in [0.5, 0.6) is 5.75 Å². The molecule has 2 aromatic rings. The Hall–Kier alpha value is -1.83. The molecule has 0 spiro atoms. The van der Waals surface area contributed by atoms with E-state index in [1.54, 1.807) is 29.2 Å². The van der Waals surface area contributed by atoms with Crippen molar-refractivity contribution in [3.8, 4) is 5.75 Å². The lowest BCUT2D eigenvalue weighted by Gasteiger charge is -2.17. The molecule has 2 aromatic carbocycles. The van der Waals surface area contributed by atoms with Gasteiger partial charge in [0.25, 0.3) is 5.91 Å².